The summed E-state index contributed by atoms with van der Waals surface area (Å²) >= 11 is 12.4. The van der Waals surface area contributed by atoms with E-state index in [1.165, 1.54) is 4.90 Å². The van der Waals surface area contributed by atoms with Gasteiger partial charge in [-0.05, 0) is 49.2 Å². The van der Waals surface area contributed by atoms with E-state index in [1.807, 2.05) is 36.4 Å². The largest absolute Gasteiger partial charge is 0.385 e. The second-order valence-corrected chi connectivity index (χ2v) is 7.91. The molecule has 1 atom stereocenters. The second kappa shape index (κ2) is 8.62. The molecule has 140 valence electrons. The molecule has 0 aliphatic carbocycles. The molecule has 0 aliphatic heterocycles. The number of nitrogens with one attached hydrogen (secondary N) is 1. The Balaban J connectivity index is 1.95. The molecule has 0 saturated heterocycles. The molecule has 2 N–H and O–H groups in total. The smallest absolute Gasteiger partial charge is 0.121 e. The lowest BCUT2D eigenvalue weighted by Crippen LogP contribution is -3.13. The first-order chi connectivity index (χ1) is 12.5. The molecule has 3 rings (SSSR count). The number of benzene rings is 2. The maximum absolute atomic E-state index is 10.8. The number of aromatic nitrogens is 1. The minimum Gasteiger partial charge on any atom is -0.385 e. The molecule has 3 nitrogen and oxygen atoms in total. The fraction of sp³-hybridized carbons (Fsp3) is 0.429. The Morgan fingerprint density at radius 3 is 1.88 bits per heavy atom. The van der Waals surface area contributed by atoms with Crippen LogP contribution in [0.1, 0.15) is 26.7 Å². The molecule has 0 aliphatic rings. The zero-order chi connectivity index (χ0) is 18.7. The third-order valence-corrected chi connectivity index (χ3v) is 5.38. The van der Waals surface area contributed by atoms with Crippen LogP contribution in [0.25, 0.3) is 21.8 Å². The Kier molecular flexibility index (Phi) is 6.46. The summed E-state index contributed by atoms with van der Waals surface area (Å²) in [6.07, 6.45) is 1.87. The third-order valence-electron chi connectivity index (χ3n) is 4.91. The van der Waals surface area contributed by atoms with Gasteiger partial charge in [0, 0.05) is 31.9 Å². The van der Waals surface area contributed by atoms with Crippen LogP contribution in [0.2, 0.25) is 10.0 Å². The van der Waals surface area contributed by atoms with Crippen LogP contribution in [0.15, 0.2) is 36.4 Å². The van der Waals surface area contributed by atoms with E-state index in [-0.39, 0.29) is 0 Å². The van der Waals surface area contributed by atoms with Crippen molar-refractivity contribution < 1.29 is 10.0 Å². The monoisotopic (exact) mass is 393 g/mol. The van der Waals surface area contributed by atoms with Crippen molar-refractivity contribution in [3.8, 4) is 0 Å². The van der Waals surface area contributed by atoms with Crippen molar-refractivity contribution in [2.45, 2.75) is 39.3 Å². The van der Waals surface area contributed by atoms with Crippen molar-refractivity contribution in [2.24, 2.45) is 0 Å². The van der Waals surface area contributed by atoms with Gasteiger partial charge in [-0.1, -0.05) is 37.0 Å². The first-order valence-electron chi connectivity index (χ1n) is 9.42. The molecule has 0 amide bonds. The van der Waals surface area contributed by atoms with Gasteiger partial charge in [0.2, 0.25) is 0 Å². The summed E-state index contributed by atoms with van der Waals surface area (Å²) in [5.41, 5.74) is 2.16. The van der Waals surface area contributed by atoms with Crippen LogP contribution in [0, 0.1) is 0 Å². The molecule has 3 aromatic rings. The van der Waals surface area contributed by atoms with Crippen molar-refractivity contribution in [3.05, 3.63) is 46.4 Å². The molecule has 26 heavy (non-hydrogen) atoms. The summed E-state index contributed by atoms with van der Waals surface area (Å²) in [4.78, 5) is 1.47. The van der Waals surface area contributed by atoms with E-state index in [9.17, 15) is 5.11 Å². The molecule has 0 radical (unpaired) electrons. The van der Waals surface area contributed by atoms with E-state index < -0.39 is 6.10 Å². The summed E-state index contributed by atoms with van der Waals surface area (Å²) in [5.74, 6) is 0. The summed E-state index contributed by atoms with van der Waals surface area (Å²) in [7, 11) is 0. The highest BCUT2D eigenvalue weighted by molar-refractivity contribution is 6.33. The fourth-order valence-corrected chi connectivity index (χ4v) is 4.23. The summed E-state index contributed by atoms with van der Waals surface area (Å²) in [6, 6.07) is 11.8. The molecule has 0 unspecified atom stereocenters. The summed E-state index contributed by atoms with van der Waals surface area (Å²) in [6.45, 7) is 7.93. The molecular weight excluding hydrogens is 367 g/mol. The normalized spacial score (nSPS) is 13.2. The highest BCUT2D eigenvalue weighted by Gasteiger charge is 2.18. The van der Waals surface area contributed by atoms with Crippen LogP contribution in [0.4, 0.5) is 0 Å². The van der Waals surface area contributed by atoms with Gasteiger partial charge in [-0.2, -0.15) is 0 Å². The Hall–Kier alpha value is -1.26. The average Bonchev–Trinajstić information content (AvgIpc) is 2.88. The maximum Gasteiger partial charge on any atom is 0.121 e. The Labute approximate surface area is 165 Å². The van der Waals surface area contributed by atoms with E-state index in [1.54, 1.807) is 0 Å². The minimum absolute atomic E-state index is 0.395. The predicted molar refractivity (Wildman–Crippen MR) is 112 cm³/mol. The number of quaternary nitrogens is 1. The number of aliphatic hydroxyl groups is 1. The lowest BCUT2D eigenvalue weighted by Gasteiger charge is -2.22. The highest BCUT2D eigenvalue weighted by Crippen LogP contribution is 2.32. The molecule has 1 aromatic heterocycles. The number of hydrogen-bond acceptors (Lipinski definition) is 1. The average molecular weight is 394 g/mol. The van der Waals surface area contributed by atoms with Crippen molar-refractivity contribution in [1.29, 1.82) is 0 Å². The van der Waals surface area contributed by atoms with Crippen molar-refractivity contribution >= 4 is 45.0 Å². The SMILES string of the molecule is CCC[NH+](CCC)C[C@@H](O)Cn1c2ccc(Cl)cc2c2cc(Cl)ccc21. The van der Waals surface area contributed by atoms with Crippen LogP contribution >= 0.6 is 23.2 Å². The van der Waals surface area contributed by atoms with Gasteiger partial charge in [0.05, 0.1) is 19.6 Å². The van der Waals surface area contributed by atoms with E-state index in [2.05, 4.69) is 18.4 Å². The minimum atomic E-state index is -0.395. The molecule has 5 heteroatoms. The zero-order valence-corrected chi connectivity index (χ0v) is 16.9. The number of hydrogen-bond donors (Lipinski definition) is 2. The van der Waals surface area contributed by atoms with Gasteiger partial charge in [-0.25, -0.2) is 0 Å². The number of aliphatic hydroxyl groups excluding tert-OH is 1. The number of rotatable bonds is 8. The van der Waals surface area contributed by atoms with Gasteiger partial charge >= 0.3 is 0 Å². The van der Waals surface area contributed by atoms with Gasteiger partial charge in [-0.3, -0.25) is 0 Å². The van der Waals surface area contributed by atoms with Crippen LogP contribution < -0.4 is 4.90 Å². The predicted octanol–water partition coefficient (Wildman–Crippen LogP) is 4.17. The van der Waals surface area contributed by atoms with Crippen molar-refractivity contribution in [1.82, 2.24) is 4.57 Å². The highest BCUT2D eigenvalue weighted by atomic mass is 35.5. The second-order valence-electron chi connectivity index (χ2n) is 7.04. The molecule has 0 saturated carbocycles. The molecule has 1 heterocycles. The standard InChI is InChI=1S/C21H26Cl2N2O/c1-3-9-24(10-4-2)13-17(26)14-25-20-7-5-15(22)11-18(20)19-12-16(23)6-8-21(19)25/h5-8,11-12,17,26H,3-4,9-10,13-14H2,1-2H3/p+1/t17-/m1/s1. The molecular formula is C21H27Cl2N2O+. The first kappa shape index (κ1) is 19.5. The molecule has 0 fully saturated rings. The maximum atomic E-state index is 10.8. The van der Waals surface area contributed by atoms with Crippen LogP contribution in [-0.2, 0) is 6.54 Å². The van der Waals surface area contributed by atoms with E-state index in [0.717, 1.165) is 54.3 Å². The van der Waals surface area contributed by atoms with E-state index >= 15 is 0 Å². The molecule has 2 aromatic carbocycles. The van der Waals surface area contributed by atoms with Crippen molar-refractivity contribution in [3.63, 3.8) is 0 Å². The third kappa shape index (κ3) is 4.17. The molecule has 0 spiro atoms. The Bertz CT molecular complexity index is 825. The van der Waals surface area contributed by atoms with Crippen LogP contribution in [0.3, 0.4) is 0 Å². The first-order valence-corrected chi connectivity index (χ1v) is 10.2. The number of fused-ring (bicyclic) bond motifs is 3. The van der Waals surface area contributed by atoms with E-state index in [0.29, 0.717) is 16.6 Å². The summed E-state index contributed by atoms with van der Waals surface area (Å²) < 4.78 is 2.19. The quantitative estimate of drug-likeness (QED) is 0.590. The number of halogens is 2. The lowest BCUT2D eigenvalue weighted by molar-refractivity contribution is -0.903. The Morgan fingerprint density at radius 2 is 1.42 bits per heavy atom. The number of nitrogens with zero attached hydrogens (tertiary/aromatic N) is 1. The van der Waals surface area contributed by atoms with Crippen LogP contribution in [-0.4, -0.2) is 35.4 Å². The van der Waals surface area contributed by atoms with Gasteiger partial charge in [0.1, 0.15) is 12.6 Å². The topological polar surface area (TPSA) is 29.6 Å². The van der Waals surface area contributed by atoms with Crippen molar-refractivity contribution in [2.75, 3.05) is 19.6 Å². The zero-order valence-electron chi connectivity index (χ0n) is 15.4. The van der Waals surface area contributed by atoms with Crippen LogP contribution in [0.5, 0.6) is 0 Å². The Morgan fingerprint density at radius 1 is 0.923 bits per heavy atom. The van der Waals surface area contributed by atoms with Gasteiger partial charge in [0.15, 0.2) is 0 Å². The molecule has 0 bridgehead atoms. The van der Waals surface area contributed by atoms with Gasteiger partial charge < -0.3 is 14.6 Å². The van der Waals surface area contributed by atoms with Gasteiger partial charge in [-0.15, -0.1) is 0 Å². The van der Waals surface area contributed by atoms with E-state index in [4.69, 9.17) is 23.2 Å². The van der Waals surface area contributed by atoms with Gasteiger partial charge in [0.25, 0.3) is 0 Å². The fourth-order valence-electron chi connectivity index (χ4n) is 3.89. The summed E-state index contributed by atoms with van der Waals surface area (Å²) in [5, 5.41) is 14.3. The lowest BCUT2D eigenvalue weighted by atomic mass is 10.1.